The second-order valence-electron chi connectivity index (χ2n) is 6.03. The fourth-order valence-electron chi connectivity index (χ4n) is 2.28. The summed E-state index contributed by atoms with van der Waals surface area (Å²) < 4.78 is 5.12. The Morgan fingerprint density at radius 3 is 2.52 bits per heavy atom. The molecule has 2 N–H and O–H groups in total. The second-order valence-corrected chi connectivity index (χ2v) is 7.82. The lowest BCUT2D eigenvalue weighted by molar-refractivity contribution is -0.150. The van der Waals surface area contributed by atoms with Crippen molar-refractivity contribution in [3.05, 3.63) is 46.7 Å². The summed E-state index contributed by atoms with van der Waals surface area (Å²) in [6.07, 6.45) is 1.91. The van der Waals surface area contributed by atoms with Crippen molar-refractivity contribution in [3.8, 4) is 0 Å². The van der Waals surface area contributed by atoms with Crippen molar-refractivity contribution in [2.45, 2.75) is 24.8 Å². The van der Waals surface area contributed by atoms with Gasteiger partial charge in [-0.1, -0.05) is 32.0 Å². The Hall–Kier alpha value is -2.32. The molecule has 0 radical (unpaired) electrons. The molecule has 0 aliphatic rings. The molecule has 2 rings (SSSR count). The molecule has 0 bridgehead atoms. The number of thiophene rings is 1. The Balaban J connectivity index is 1.91. The fourth-order valence-corrected chi connectivity index (χ4v) is 3.46. The van der Waals surface area contributed by atoms with Gasteiger partial charge < -0.3 is 15.4 Å². The summed E-state index contributed by atoms with van der Waals surface area (Å²) in [4.78, 5) is 38.1. The molecule has 0 saturated carbocycles. The molecule has 0 saturated heterocycles. The van der Waals surface area contributed by atoms with Crippen LogP contribution in [0.4, 0.5) is 5.69 Å². The first kappa shape index (κ1) is 21.0. The summed E-state index contributed by atoms with van der Waals surface area (Å²) in [7, 11) is 0. The summed E-state index contributed by atoms with van der Waals surface area (Å²) in [6, 6.07) is 9.98. The third kappa shape index (κ3) is 6.11. The molecule has 1 aromatic carbocycles. The SMILES string of the molecule is CSc1ccccc1NC(=O)COC(=O)[C@H](NC(=O)c1cccs1)C(C)C. The number of carbonyl (C=O) groups is 3. The van der Waals surface area contributed by atoms with Crippen LogP contribution in [0.5, 0.6) is 0 Å². The quantitative estimate of drug-likeness (QED) is 0.518. The van der Waals surface area contributed by atoms with Crippen molar-refractivity contribution < 1.29 is 19.1 Å². The van der Waals surface area contributed by atoms with E-state index < -0.39 is 24.5 Å². The number of anilines is 1. The van der Waals surface area contributed by atoms with Gasteiger partial charge in [0.05, 0.1) is 10.6 Å². The molecule has 2 amide bonds. The molecule has 1 aromatic heterocycles. The van der Waals surface area contributed by atoms with Crippen molar-refractivity contribution in [1.29, 1.82) is 0 Å². The molecule has 8 heteroatoms. The first-order chi connectivity index (χ1) is 12.9. The van der Waals surface area contributed by atoms with Crippen molar-refractivity contribution in [1.82, 2.24) is 5.32 Å². The van der Waals surface area contributed by atoms with E-state index in [-0.39, 0.29) is 11.8 Å². The molecule has 144 valence electrons. The molecule has 27 heavy (non-hydrogen) atoms. The molecule has 6 nitrogen and oxygen atoms in total. The van der Waals surface area contributed by atoms with Crippen molar-refractivity contribution in [2.24, 2.45) is 5.92 Å². The van der Waals surface area contributed by atoms with Crippen LogP contribution >= 0.6 is 23.1 Å². The molecule has 0 aliphatic heterocycles. The fraction of sp³-hybridized carbons (Fsp3) is 0.316. The van der Waals surface area contributed by atoms with E-state index in [9.17, 15) is 14.4 Å². The molecule has 0 unspecified atom stereocenters. The van der Waals surface area contributed by atoms with Gasteiger partial charge in [-0.2, -0.15) is 0 Å². The molecule has 2 aromatic rings. The van der Waals surface area contributed by atoms with E-state index in [1.807, 2.05) is 24.5 Å². The Labute approximate surface area is 166 Å². The number of hydrogen-bond acceptors (Lipinski definition) is 6. The van der Waals surface area contributed by atoms with E-state index in [1.54, 1.807) is 37.4 Å². The topological polar surface area (TPSA) is 84.5 Å². The number of thioether (sulfide) groups is 1. The summed E-state index contributed by atoms with van der Waals surface area (Å²) in [5, 5.41) is 7.18. The van der Waals surface area contributed by atoms with E-state index in [4.69, 9.17) is 4.74 Å². The monoisotopic (exact) mass is 406 g/mol. The van der Waals surface area contributed by atoms with Crippen LogP contribution in [-0.4, -0.2) is 36.7 Å². The zero-order valence-corrected chi connectivity index (χ0v) is 17.0. The van der Waals surface area contributed by atoms with E-state index >= 15 is 0 Å². The van der Waals surface area contributed by atoms with Gasteiger partial charge in [0.15, 0.2) is 6.61 Å². The highest BCUT2D eigenvalue weighted by Gasteiger charge is 2.27. The van der Waals surface area contributed by atoms with E-state index in [0.717, 1.165) is 4.90 Å². The first-order valence-corrected chi connectivity index (χ1v) is 10.5. The average Bonchev–Trinajstić information content (AvgIpc) is 3.19. The molecule has 0 aliphatic carbocycles. The van der Waals surface area contributed by atoms with Gasteiger partial charge in [-0.05, 0) is 35.8 Å². The van der Waals surface area contributed by atoms with Crippen LogP contribution in [0.1, 0.15) is 23.5 Å². The van der Waals surface area contributed by atoms with Gasteiger partial charge in [0.1, 0.15) is 6.04 Å². The lowest BCUT2D eigenvalue weighted by Gasteiger charge is -2.20. The van der Waals surface area contributed by atoms with Crippen LogP contribution in [0.2, 0.25) is 0 Å². The average molecular weight is 407 g/mol. The summed E-state index contributed by atoms with van der Waals surface area (Å²) in [5.74, 6) is -1.58. The van der Waals surface area contributed by atoms with Crippen LogP contribution < -0.4 is 10.6 Å². The smallest absolute Gasteiger partial charge is 0.329 e. The lowest BCUT2D eigenvalue weighted by Crippen LogP contribution is -2.45. The van der Waals surface area contributed by atoms with Gasteiger partial charge in [-0.25, -0.2) is 4.79 Å². The highest BCUT2D eigenvalue weighted by atomic mass is 32.2. The Kier molecular flexibility index (Phi) is 7.87. The Morgan fingerprint density at radius 2 is 1.89 bits per heavy atom. The first-order valence-electron chi connectivity index (χ1n) is 8.36. The minimum Gasteiger partial charge on any atom is -0.454 e. The zero-order valence-electron chi connectivity index (χ0n) is 15.4. The van der Waals surface area contributed by atoms with Crippen LogP contribution in [0.3, 0.4) is 0 Å². The number of ether oxygens (including phenoxy) is 1. The largest absolute Gasteiger partial charge is 0.454 e. The molecular formula is C19H22N2O4S2. The third-order valence-corrected chi connectivity index (χ3v) is 5.34. The maximum absolute atomic E-state index is 12.4. The normalized spacial score (nSPS) is 11.7. The highest BCUT2D eigenvalue weighted by molar-refractivity contribution is 7.98. The van der Waals surface area contributed by atoms with Gasteiger partial charge in [0, 0.05) is 4.90 Å². The number of hydrogen-bond donors (Lipinski definition) is 2. The van der Waals surface area contributed by atoms with Gasteiger partial charge in [0.2, 0.25) is 0 Å². The van der Waals surface area contributed by atoms with Gasteiger partial charge >= 0.3 is 5.97 Å². The van der Waals surface area contributed by atoms with Crippen LogP contribution in [-0.2, 0) is 14.3 Å². The molecule has 0 fully saturated rings. The molecule has 1 heterocycles. The van der Waals surface area contributed by atoms with E-state index in [0.29, 0.717) is 10.6 Å². The van der Waals surface area contributed by atoms with Crippen LogP contribution in [0.25, 0.3) is 0 Å². The summed E-state index contributed by atoms with van der Waals surface area (Å²) >= 11 is 2.80. The Bertz CT molecular complexity index is 791. The minimum atomic E-state index is -0.828. The van der Waals surface area contributed by atoms with Gasteiger partial charge in [-0.15, -0.1) is 23.1 Å². The number of carbonyl (C=O) groups excluding carboxylic acids is 3. The highest BCUT2D eigenvalue weighted by Crippen LogP contribution is 2.24. The number of esters is 1. The molecular weight excluding hydrogens is 384 g/mol. The van der Waals surface area contributed by atoms with Crippen molar-refractivity contribution >= 4 is 46.6 Å². The standard InChI is InChI=1S/C19H22N2O4S2/c1-12(2)17(21-18(23)15-9-6-10-27-15)19(24)25-11-16(22)20-13-7-4-5-8-14(13)26-3/h4-10,12,17H,11H2,1-3H3,(H,20,22)(H,21,23)/t17-/m1/s1. The molecule has 0 spiro atoms. The maximum atomic E-state index is 12.4. The summed E-state index contributed by atoms with van der Waals surface area (Å²) in [5.41, 5.74) is 0.664. The van der Waals surface area contributed by atoms with Crippen molar-refractivity contribution in [3.63, 3.8) is 0 Å². The molecule has 1 atom stereocenters. The van der Waals surface area contributed by atoms with E-state index in [1.165, 1.54) is 23.1 Å². The van der Waals surface area contributed by atoms with Crippen LogP contribution in [0.15, 0.2) is 46.7 Å². The minimum absolute atomic E-state index is 0.179. The number of nitrogens with one attached hydrogen (secondary N) is 2. The van der Waals surface area contributed by atoms with Gasteiger partial charge in [-0.3, -0.25) is 9.59 Å². The van der Waals surface area contributed by atoms with Crippen LogP contribution in [0, 0.1) is 5.92 Å². The maximum Gasteiger partial charge on any atom is 0.329 e. The predicted octanol–water partition coefficient (Wildman–Crippen LogP) is 3.41. The van der Waals surface area contributed by atoms with E-state index in [2.05, 4.69) is 10.6 Å². The second kappa shape index (κ2) is 10.1. The summed E-state index contributed by atoms with van der Waals surface area (Å²) in [6.45, 7) is 3.18. The number of amides is 2. The van der Waals surface area contributed by atoms with Gasteiger partial charge in [0.25, 0.3) is 11.8 Å². The number of para-hydroxylation sites is 1. The number of rotatable bonds is 8. The predicted molar refractivity (Wildman–Crippen MR) is 108 cm³/mol. The van der Waals surface area contributed by atoms with Crippen molar-refractivity contribution in [2.75, 3.05) is 18.2 Å². The zero-order chi connectivity index (χ0) is 19.8. The third-order valence-electron chi connectivity index (χ3n) is 3.68. The lowest BCUT2D eigenvalue weighted by atomic mass is 10.0. The Morgan fingerprint density at radius 1 is 1.15 bits per heavy atom. The number of benzene rings is 1.